The van der Waals surface area contributed by atoms with E-state index < -0.39 is 0 Å². The lowest BCUT2D eigenvalue weighted by Crippen LogP contribution is -2.11. The van der Waals surface area contributed by atoms with Crippen molar-refractivity contribution in [1.29, 1.82) is 0 Å². The number of imidazole rings is 1. The summed E-state index contributed by atoms with van der Waals surface area (Å²) in [6.45, 7) is 4.03. The molecule has 4 rings (SSSR count). The molecule has 3 aromatic heterocycles. The molecule has 0 radical (unpaired) electrons. The SMILES string of the molecule is CC(C)OC(=O)c1cccc(-c2nnn(Cc3cn4ccccc4n3)n2)c1. The summed E-state index contributed by atoms with van der Waals surface area (Å²) in [5, 5.41) is 12.6. The van der Waals surface area contributed by atoms with Crippen LogP contribution in [0, 0.1) is 0 Å². The Labute approximate surface area is 155 Å². The summed E-state index contributed by atoms with van der Waals surface area (Å²) in [6.07, 6.45) is 3.69. The monoisotopic (exact) mass is 362 g/mol. The Hall–Kier alpha value is -3.55. The van der Waals surface area contributed by atoms with Gasteiger partial charge in [0.2, 0.25) is 5.82 Å². The summed E-state index contributed by atoms with van der Waals surface area (Å²) in [5.41, 5.74) is 2.86. The molecule has 136 valence electrons. The van der Waals surface area contributed by atoms with E-state index in [9.17, 15) is 4.79 Å². The van der Waals surface area contributed by atoms with Crippen LogP contribution in [0.25, 0.3) is 17.0 Å². The smallest absolute Gasteiger partial charge is 0.338 e. The summed E-state index contributed by atoms with van der Waals surface area (Å²) in [4.78, 5) is 18.1. The van der Waals surface area contributed by atoms with Crippen molar-refractivity contribution < 1.29 is 9.53 Å². The normalized spacial score (nSPS) is 11.2. The van der Waals surface area contributed by atoms with Gasteiger partial charge in [-0.15, -0.1) is 10.2 Å². The van der Waals surface area contributed by atoms with Crippen LogP contribution in [0.4, 0.5) is 0 Å². The number of rotatable bonds is 5. The van der Waals surface area contributed by atoms with Crippen LogP contribution in [0.1, 0.15) is 29.9 Å². The van der Waals surface area contributed by atoms with E-state index in [4.69, 9.17) is 4.74 Å². The highest BCUT2D eigenvalue weighted by atomic mass is 16.5. The van der Waals surface area contributed by atoms with Gasteiger partial charge in [0.05, 0.1) is 17.4 Å². The first kappa shape index (κ1) is 16.9. The van der Waals surface area contributed by atoms with Gasteiger partial charge in [-0.3, -0.25) is 0 Å². The van der Waals surface area contributed by atoms with Gasteiger partial charge in [-0.2, -0.15) is 4.80 Å². The zero-order valence-electron chi connectivity index (χ0n) is 15.0. The molecule has 0 unspecified atom stereocenters. The number of hydrogen-bond acceptors (Lipinski definition) is 6. The maximum atomic E-state index is 12.1. The maximum absolute atomic E-state index is 12.1. The van der Waals surface area contributed by atoms with Crippen LogP contribution in [0.15, 0.2) is 54.9 Å². The van der Waals surface area contributed by atoms with Crippen molar-refractivity contribution in [2.24, 2.45) is 0 Å². The van der Waals surface area contributed by atoms with Gasteiger partial charge in [0.1, 0.15) is 12.2 Å². The summed E-state index contributed by atoms with van der Waals surface area (Å²) >= 11 is 0. The first-order chi connectivity index (χ1) is 13.1. The molecule has 0 aliphatic heterocycles. The van der Waals surface area contributed by atoms with Crippen molar-refractivity contribution in [1.82, 2.24) is 29.6 Å². The second-order valence-electron chi connectivity index (χ2n) is 6.38. The molecule has 4 aromatic rings. The number of carbonyl (C=O) groups is 1. The van der Waals surface area contributed by atoms with Gasteiger partial charge in [-0.1, -0.05) is 18.2 Å². The Kier molecular flexibility index (Phi) is 4.37. The van der Waals surface area contributed by atoms with Gasteiger partial charge < -0.3 is 9.14 Å². The number of ether oxygens (including phenoxy) is 1. The minimum Gasteiger partial charge on any atom is -0.459 e. The number of esters is 1. The van der Waals surface area contributed by atoms with Crippen molar-refractivity contribution in [3.63, 3.8) is 0 Å². The summed E-state index contributed by atoms with van der Waals surface area (Å²) in [7, 11) is 0. The topological polar surface area (TPSA) is 87.2 Å². The fourth-order valence-electron chi connectivity index (χ4n) is 2.70. The number of hydrogen-bond donors (Lipinski definition) is 0. The molecule has 0 N–H and O–H groups in total. The number of tetrazole rings is 1. The van der Waals surface area contributed by atoms with Crippen molar-refractivity contribution in [2.45, 2.75) is 26.5 Å². The molecule has 0 aliphatic rings. The van der Waals surface area contributed by atoms with E-state index in [-0.39, 0.29) is 12.1 Å². The molecule has 0 amide bonds. The molecule has 0 atom stereocenters. The number of nitrogens with zero attached hydrogens (tertiary/aromatic N) is 6. The number of pyridine rings is 1. The highest BCUT2D eigenvalue weighted by Gasteiger charge is 2.13. The van der Waals surface area contributed by atoms with E-state index in [1.54, 1.807) is 18.2 Å². The number of carbonyl (C=O) groups excluding carboxylic acids is 1. The molecular formula is C19H18N6O2. The predicted molar refractivity (Wildman–Crippen MR) is 98.1 cm³/mol. The fourth-order valence-corrected chi connectivity index (χ4v) is 2.70. The molecule has 8 nitrogen and oxygen atoms in total. The highest BCUT2D eigenvalue weighted by Crippen LogP contribution is 2.17. The molecule has 0 aliphatic carbocycles. The average Bonchev–Trinajstić information content (AvgIpc) is 3.28. The molecule has 3 heterocycles. The number of fused-ring (bicyclic) bond motifs is 1. The number of benzene rings is 1. The van der Waals surface area contributed by atoms with E-state index in [0.29, 0.717) is 23.5 Å². The van der Waals surface area contributed by atoms with E-state index in [2.05, 4.69) is 20.4 Å². The minimum absolute atomic E-state index is 0.175. The largest absolute Gasteiger partial charge is 0.459 e. The third-order valence-electron chi connectivity index (χ3n) is 3.87. The van der Waals surface area contributed by atoms with E-state index in [1.165, 1.54) is 4.80 Å². The molecule has 0 saturated carbocycles. The van der Waals surface area contributed by atoms with Crippen LogP contribution in [0.5, 0.6) is 0 Å². The molecule has 0 saturated heterocycles. The third kappa shape index (κ3) is 3.69. The zero-order valence-corrected chi connectivity index (χ0v) is 15.0. The Morgan fingerprint density at radius 3 is 2.89 bits per heavy atom. The third-order valence-corrected chi connectivity index (χ3v) is 3.87. The molecular weight excluding hydrogens is 344 g/mol. The van der Waals surface area contributed by atoms with Crippen LogP contribution in [-0.4, -0.2) is 41.7 Å². The van der Waals surface area contributed by atoms with Gasteiger partial charge in [0, 0.05) is 18.0 Å². The van der Waals surface area contributed by atoms with Crippen LogP contribution in [0.2, 0.25) is 0 Å². The van der Waals surface area contributed by atoms with Crippen molar-refractivity contribution >= 4 is 11.6 Å². The van der Waals surface area contributed by atoms with E-state index >= 15 is 0 Å². The first-order valence-electron chi connectivity index (χ1n) is 8.60. The molecule has 0 bridgehead atoms. The Morgan fingerprint density at radius 1 is 1.19 bits per heavy atom. The van der Waals surface area contributed by atoms with Crippen LogP contribution >= 0.6 is 0 Å². The Morgan fingerprint density at radius 2 is 2.07 bits per heavy atom. The second-order valence-corrected chi connectivity index (χ2v) is 6.38. The molecule has 0 fully saturated rings. The zero-order chi connectivity index (χ0) is 18.8. The molecule has 27 heavy (non-hydrogen) atoms. The van der Waals surface area contributed by atoms with Gasteiger partial charge in [0.25, 0.3) is 0 Å². The van der Waals surface area contributed by atoms with Crippen molar-refractivity contribution in [2.75, 3.05) is 0 Å². The van der Waals surface area contributed by atoms with Crippen molar-refractivity contribution in [3.8, 4) is 11.4 Å². The lowest BCUT2D eigenvalue weighted by atomic mass is 10.1. The molecule has 1 aromatic carbocycles. The second kappa shape index (κ2) is 6.99. The lowest BCUT2D eigenvalue weighted by molar-refractivity contribution is 0.0378. The lowest BCUT2D eigenvalue weighted by Gasteiger charge is -2.08. The Balaban J connectivity index is 1.54. The number of aromatic nitrogens is 6. The van der Waals surface area contributed by atoms with Crippen molar-refractivity contribution in [3.05, 3.63) is 66.1 Å². The summed E-state index contributed by atoms with van der Waals surface area (Å²) in [6, 6.07) is 12.8. The quantitative estimate of drug-likeness (QED) is 0.507. The first-order valence-corrected chi connectivity index (χ1v) is 8.60. The van der Waals surface area contributed by atoms with E-state index in [0.717, 1.165) is 11.3 Å². The summed E-state index contributed by atoms with van der Waals surface area (Å²) in [5.74, 6) is 0.0712. The van der Waals surface area contributed by atoms with Gasteiger partial charge in [-0.05, 0) is 43.3 Å². The molecule has 0 spiro atoms. The molecule has 8 heteroatoms. The minimum atomic E-state index is -0.371. The van der Waals surface area contributed by atoms with Crippen LogP contribution in [0.3, 0.4) is 0 Å². The highest BCUT2D eigenvalue weighted by molar-refractivity contribution is 5.90. The Bertz CT molecular complexity index is 1070. The van der Waals surface area contributed by atoms with Gasteiger partial charge in [-0.25, -0.2) is 9.78 Å². The van der Waals surface area contributed by atoms with Gasteiger partial charge >= 0.3 is 5.97 Å². The van der Waals surface area contributed by atoms with E-state index in [1.807, 2.05) is 54.9 Å². The predicted octanol–water partition coefficient (Wildman–Crippen LogP) is 2.60. The maximum Gasteiger partial charge on any atom is 0.338 e. The average molecular weight is 362 g/mol. The standard InChI is InChI=1S/C19H18N6O2/c1-13(2)27-19(26)15-7-5-6-14(10-15)18-21-23-25(22-18)12-16-11-24-9-4-3-8-17(24)20-16/h3-11,13H,12H2,1-2H3. The summed E-state index contributed by atoms with van der Waals surface area (Å²) < 4.78 is 7.17. The fraction of sp³-hybridized carbons (Fsp3) is 0.211. The van der Waals surface area contributed by atoms with Crippen LogP contribution < -0.4 is 0 Å². The van der Waals surface area contributed by atoms with Crippen LogP contribution in [-0.2, 0) is 11.3 Å². The van der Waals surface area contributed by atoms with Gasteiger partial charge in [0.15, 0.2) is 0 Å².